The van der Waals surface area contributed by atoms with Gasteiger partial charge in [-0.05, 0) is 17.7 Å². The standard InChI is InChI=1S/C25H22ClF2N5O/c26-20-9-5-4-8-18(20)16-31-10-12-32(13-11-31)25(34)19-15-29-33-22(23(27)28)14-21(30-24(19)33)17-6-2-1-3-7-17/h1-9,14-15,23H,10-13,16H2. The zero-order valence-corrected chi connectivity index (χ0v) is 19.0. The van der Waals surface area contributed by atoms with E-state index in [4.69, 9.17) is 11.6 Å². The Morgan fingerprint density at radius 1 is 1.00 bits per heavy atom. The molecule has 1 aliphatic heterocycles. The lowest BCUT2D eigenvalue weighted by atomic mass is 10.1. The van der Waals surface area contributed by atoms with Crippen molar-refractivity contribution >= 4 is 23.2 Å². The molecule has 6 nitrogen and oxygen atoms in total. The number of alkyl halides is 2. The maximum atomic E-state index is 13.8. The molecule has 174 valence electrons. The molecule has 0 radical (unpaired) electrons. The molecule has 1 amide bonds. The fraction of sp³-hybridized carbons (Fsp3) is 0.240. The van der Waals surface area contributed by atoms with Crippen LogP contribution in [0.1, 0.15) is 28.0 Å². The van der Waals surface area contributed by atoms with Crippen molar-refractivity contribution in [2.45, 2.75) is 13.0 Å². The number of carbonyl (C=O) groups excluding carboxylic acids is 1. The van der Waals surface area contributed by atoms with Crippen molar-refractivity contribution < 1.29 is 13.6 Å². The van der Waals surface area contributed by atoms with Crippen LogP contribution in [0.4, 0.5) is 8.78 Å². The van der Waals surface area contributed by atoms with Crippen LogP contribution in [0.3, 0.4) is 0 Å². The van der Waals surface area contributed by atoms with E-state index in [1.165, 1.54) is 12.3 Å². The summed E-state index contributed by atoms with van der Waals surface area (Å²) in [7, 11) is 0. The van der Waals surface area contributed by atoms with E-state index in [2.05, 4.69) is 15.0 Å². The monoisotopic (exact) mass is 481 g/mol. The number of piperazine rings is 1. The Morgan fingerprint density at radius 3 is 2.41 bits per heavy atom. The van der Waals surface area contributed by atoms with Gasteiger partial charge in [-0.1, -0.05) is 60.1 Å². The van der Waals surface area contributed by atoms with E-state index in [0.717, 1.165) is 15.1 Å². The largest absolute Gasteiger partial charge is 0.336 e. The van der Waals surface area contributed by atoms with Gasteiger partial charge in [0.1, 0.15) is 11.3 Å². The van der Waals surface area contributed by atoms with Gasteiger partial charge in [0.05, 0.1) is 11.9 Å². The Bertz CT molecular complexity index is 1320. The lowest BCUT2D eigenvalue weighted by molar-refractivity contribution is 0.0630. The molecule has 1 aliphatic rings. The first kappa shape index (κ1) is 22.4. The van der Waals surface area contributed by atoms with E-state index in [1.54, 1.807) is 17.0 Å². The van der Waals surface area contributed by atoms with Crippen LogP contribution in [0, 0.1) is 0 Å². The van der Waals surface area contributed by atoms with Crippen LogP contribution in [-0.2, 0) is 6.54 Å². The summed E-state index contributed by atoms with van der Waals surface area (Å²) in [6.07, 6.45) is -1.43. The van der Waals surface area contributed by atoms with Gasteiger partial charge in [0.25, 0.3) is 12.3 Å². The van der Waals surface area contributed by atoms with E-state index < -0.39 is 6.43 Å². The molecule has 1 fully saturated rings. The predicted molar refractivity (Wildman–Crippen MR) is 126 cm³/mol. The van der Waals surface area contributed by atoms with Crippen LogP contribution in [0.5, 0.6) is 0 Å². The highest BCUT2D eigenvalue weighted by Crippen LogP contribution is 2.27. The second-order valence-corrected chi connectivity index (χ2v) is 8.59. The third-order valence-corrected chi connectivity index (χ3v) is 6.40. The van der Waals surface area contributed by atoms with Crippen LogP contribution in [0.25, 0.3) is 16.9 Å². The van der Waals surface area contributed by atoms with Crippen molar-refractivity contribution in [3.63, 3.8) is 0 Å². The number of hydrogen-bond donors (Lipinski definition) is 0. The number of rotatable bonds is 5. The summed E-state index contributed by atoms with van der Waals surface area (Å²) in [4.78, 5) is 21.8. The molecule has 34 heavy (non-hydrogen) atoms. The summed E-state index contributed by atoms with van der Waals surface area (Å²) < 4.78 is 28.7. The van der Waals surface area contributed by atoms with Gasteiger partial charge in [0.2, 0.25) is 0 Å². The Labute approximate surface area is 200 Å². The van der Waals surface area contributed by atoms with E-state index in [1.807, 2.05) is 42.5 Å². The highest BCUT2D eigenvalue weighted by Gasteiger charge is 2.27. The second kappa shape index (κ2) is 9.48. The van der Waals surface area contributed by atoms with Gasteiger partial charge in [-0.25, -0.2) is 18.3 Å². The van der Waals surface area contributed by atoms with Crippen molar-refractivity contribution in [1.82, 2.24) is 24.4 Å². The van der Waals surface area contributed by atoms with Gasteiger partial charge in [-0.2, -0.15) is 5.10 Å². The normalized spacial score (nSPS) is 14.8. The van der Waals surface area contributed by atoms with Crippen LogP contribution in [-0.4, -0.2) is 56.5 Å². The van der Waals surface area contributed by atoms with Crippen molar-refractivity contribution in [2.75, 3.05) is 26.2 Å². The Hall–Kier alpha value is -3.36. The molecular weight excluding hydrogens is 460 g/mol. The number of fused-ring (bicyclic) bond motifs is 1. The topological polar surface area (TPSA) is 53.7 Å². The molecule has 0 N–H and O–H groups in total. The molecule has 9 heteroatoms. The summed E-state index contributed by atoms with van der Waals surface area (Å²) in [5.74, 6) is -0.259. The third kappa shape index (κ3) is 4.38. The van der Waals surface area contributed by atoms with Crippen molar-refractivity contribution in [3.05, 3.63) is 88.7 Å². The molecular formula is C25H22ClF2N5O. The third-order valence-electron chi connectivity index (χ3n) is 6.03. The van der Waals surface area contributed by atoms with Gasteiger partial charge >= 0.3 is 0 Å². The number of nitrogens with zero attached hydrogens (tertiary/aromatic N) is 5. The van der Waals surface area contributed by atoms with Gasteiger partial charge in [0, 0.05) is 43.3 Å². The quantitative estimate of drug-likeness (QED) is 0.405. The first-order chi connectivity index (χ1) is 16.5. The molecule has 0 spiro atoms. The molecule has 3 heterocycles. The second-order valence-electron chi connectivity index (χ2n) is 8.19. The minimum atomic E-state index is -2.76. The number of amides is 1. The summed E-state index contributed by atoms with van der Waals surface area (Å²) in [6, 6.07) is 18.1. The lowest BCUT2D eigenvalue weighted by Gasteiger charge is -2.34. The average Bonchev–Trinajstić information content (AvgIpc) is 3.29. The summed E-state index contributed by atoms with van der Waals surface area (Å²) in [5, 5.41) is 4.80. The number of aromatic nitrogens is 3. The fourth-order valence-corrected chi connectivity index (χ4v) is 4.39. The van der Waals surface area contributed by atoms with Gasteiger partial charge in [0.15, 0.2) is 5.65 Å². The zero-order valence-electron chi connectivity index (χ0n) is 18.2. The lowest BCUT2D eigenvalue weighted by Crippen LogP contribution is -2.48. The molecule has 2 aromatic carbocycles. The summed E-state index contributed by atoms with van der Waals surface area (Å²) in [6.45, 7) is 3.10. The highest BCUT2D eigenvalue weighted by molar-refractivity contribution is 6.31. The molecule has 0 aliphatic carbocycles. The van der Waals surface area contributed by atoms with Crippen LogP contribution >= 0.6 is 11.6 Å². The summed E-state index contributed by atoms with van der Waals surface area (Å²) in [5.41, 5.74) is 2.18. The molecule has 0 atom stereocenters. The first-order valence-electron chi connectivity index (χ1n) is 11.0. The number of benzene rings is 2. The smallest absolute Gasteiger partial charge is 0.280 e. The Morgan fingerprint density at radius 2 is 1.71 bits per heavy atom. The van der Waals surface area contributed by atoms with Crippen LogP contribution in [0.15, 0.2) is 66.9 Å². The maximum absolute atomic E-state index is 13.8. The van der Waals surface area contributed by atoms with Crippen LogP contribution < -0.4 is 0 Å². The molecule has 1 saturated heterocycles. The molecule has 0 saturated carbocycles. The SMILES string of the molecule is O=C(c1cnn2c(C(F)F)cc(-c3ccccc3)nc12)N1CCN(Cc2ccccc2Cl)CC1. The van der Waals surface area contributed by atoms with Crippen molar-refractivity contribution in [2.24, 2.45) is 0 Å². The maximum Gasteiger partial charge on any atom is 0.280 e. The minimum absolute atomic E-state index is 0.139. The first-order valence-corrected chi connectivity index (χ1v) is 11.4. The van der Waals surface area contributed by atoms with E-state index in [0.29, 0.717) is 44.0 Å². The van der Waals surface area contributed by atoms with E-state index >= 15 is 0 Å². The number of carbonyl (C=O) groups is 1. The Kier molecular flexibility index (Phi) is 6.26. The Balaban J connectivity index is 1.38. The highest BCUT2D eigenvalue weighted by atomic mass is 35.5. The molecule has 2 aromatic heterocycles. The minimum Gasteiger partial charge on any atom is -0.336 e. The number of halogens is 3. The van der Waals surface area contributed by atoms with Crippen molar-refractivity contribution in [1.29, 1.82) is 0 Å². The van der Waals surface area contributed by atoms with E-state index in [9.17, 15) is 13.6 Å². The van der Waals surface area contributed by atoms with Gasteiger partial charge in [-0.15, -0.1) is 0 Å². The molecule has 5 rings (SSSR count). The zero-order chi connectivity index (χ0) is 23.7. The number of hydrogen-bond acceptors (Lipinski definition) is 4. The fourth-order valence-electron chi connectivity index (χ4n) is 4.20. The van der Waals surface area contributed by atoms with Crippen molar-refractivity contribution in [3.8, 4) is 11.3 Å². The summed E-state index contributed by atoms with van der Waals surface area (Å²) >= 11 is 6.28. The van der Waals surface area contributed by atoms with Gasteiger partial charge < -0.3 is 4.90 Å². The van der Waals surface area contributed by atoms with E-state index in [-0.39, 0.29) is 22.8 Å². The van der Waals surface area contributed by atoms with Gasteiger partial charge in [-0.3, -0.25) is 9.69 Å². The molecule has 0 unspecified atom stereocenters. The van der Waals surface area contributed by atoms with Crippen LogP contribution in [0.2, 0.25) is 5.02 Å². The molecule has 0 bridgehead atoms. The predicted octanol–water partition coefficient (Wildman–Crippen LogP) is 4.95. The average molecular weight is 482 g/mol. The molecule has 4 aromatic rings.